The van der Waals surface area contributed by atoms with Crippen LogP contribution in [0.15, 0.2) is 114 Å². The van der Waals surface area contributed by atoms with Crippen molar-refractivity contribution in [3.8, 4) is 5.75 Å². The van der Waals surface area contributed by atoms with Gasteiger partial charge in [-0.2, -0.15) is 0 Å². The minimum Gasteiger partial charge on any atom is -0.494 e. The van der Waals surface area contributed by atoms with Crippen molar-refractivity contribution in [2.75, 3.05) is 17.5 Å². The highest BCUT2D eigenvalue weighted by Crippen LogP contribution is 2.27. The summed E-state index contributed by atoms with van der Waals surface area (Å²) in [7, 11) is -4.32. The number of rotatable bonds is 15. The molecule has 4 aromatic carbocycles. The fourth-order valence-corrected chi connectivity index (χ4v) is 6.33. The van der Waals surface area contributed by atoms with Gasteiger partial charge in [-0.25, -0.2) is 12.8 Å². The summed E-state index contributed by atoms with van der Waals surface area (Å²) in [4.78, 5) is 29.7. The first-order chi connectivity index (χ1) is 22.1. The molecule has 0 aliphatic rings. The lowest BCUT2D eigenvalue weighted by Crippen LogP contribution is -2.54. The van der Waals surface area contributed by atoms with Crippen LogP contribution in [0.25, 0.3) is 0 Å². The number of carbonyl (C=O) groups excluding carboxylic acids is 2. The number of nitrogens with one attached hydrogen (secondary N) is 1. The first-order valence-electron chi connectivity index (χ1n) is 15.3. The molecule has 242 valence electrons. The quantitative estimate of drug-likeness (QED) is 0.172. The van der Waals surface area contributed by atoms with E-state index in [1.165, 1.54) is 41.3 Å². The maximum Gasteiger partial charge on any atom is 0.264 e. The Kier molecular flexibility index (Phi) is 11.9. The Morgan fingerprint density at radius 3 is 1.98 bits per heavy atom. The Morgan fingerprint density at radius 2 is 1.41 bits per heavy atom. The number of sulfonamides is 1. The van der Waals surface area contributed by atoms with Gasteiger partial charge in [-0.3, -0.25) is 13.9 Å². The molecule has 2 atom stereocenters. The molecule has 0 saturated carbocycles. The molecule has 0 aliphatic carbocycles. The lowest BCUT2D eigenvalue weighted by Gasteiger charge is -2.34. The lowest BCUT2D eigenvalue weighted by molar-refractivity contribution is -0.140. The molecule has 1 N–H and O–H groups in total. The Balaban J connectivity index is 1.78. The minimum absolute atomic E-state index is 0.0610. The average molecular weight is 646 g/mol. The third-order valence-electron chi connectivity index (χ3n) is 7.58. The summed E-state index contributed by atoms with van der Waals surface area (Å²) in [6.07, 6.45) is 0.902. The average Bonchev–Trinajstić information content (AvgIpc) is 3.06. The topological polar surface area (TPSA) is 96.0 Å². The standard InChI is InChI=1S/C36H40FN3O5S/c1-4-27(3)38-36(42)34(24-28-12-8-6-9-13-28)39(25-29-14-10-7-11-15-29)35(41)26-40(31-18-16-30(37)17-19-31)46(43,44)33-22-20-32(21-23-33)45-5-2/h6-23,27,34H,4-5,24-26H2,1-3H3,(H,38,42)/t27-,34-/m0/s1. The van der Waals surface area contributed by atoms with Crippen molar-refractivity contribution < 1.29 is 27.1 Å². The molecule has 2 amide bonds. The van der Waals surface area contributed by atoms with E-state index in [0.29, 0.717) is 18.8 Å². The largest absolute Gasteiger partial charge is 0.494 e. The van der Waals surface area contributed by atoms with Gasteiger partial charge in [-0.1, -0.05) is 67.6 Å². The maximum atomic E-state index is 14.5. The van der Waals surface area contributed by atoms with Crippen LogP contribution in [0.2, 0.25) is 0 Å². The summed E-state index contributed by atoms with van der Waals surface area (Å²) in [6.45, 7) is 5.51. The molecule has 0 bridgehead atoms. The normalized spacial score (nSPS) is 12.5. The molecule has 10 heteroatoms. The van der Waals surface area contributed by atoms with Crippen molar-refractivity contribution in [1.29, 1.82) is 0 Å². The zero-order valence-electron chi connectivity index (χ0n) is 26.3. The molecule has 0 saturated heterocycles. The van der Waals surface area contributed by atoms with Gasteiger partial charge in [0.15, 0.2) is 0 Å². The molecule has 0 heterocycles. The van der Waals surface area contributed by atoms with Gasteiger partial charge in [-0.15, -0.1) is 0 Å². The highest BCUT2D eigenvalue weighted by atomic mass is 32.2. The third kappa shape index (κ3) is 8.94. The van der Waals surface area contributed by atoms with Crippen LogP contribution < -0.4 is 14.4 Å². The van der Waals surface area contributed by atoms with Crippen LogP contribution >= 0.6 is 0 Å². The summed E-state index contributed by atoms with van der Waals surface area (Å²) in [5.41, 5.74) is 1.72. The number of halogens is 1. The van der Waals surface area contributed by atoms with Gasteiger partial charge >= 0.3 is 0 Å². The number of hydrogen-bond acceptors (Lipinski definition) is 5. The number of anilines is 1. The molecule has 0 unspecified atom stereocenters. The minimum atomic E-state index is -4.32. The van der Waals surface area contributed by atoms with Crippen molar-refractivity contribution >= 4 is 27.5 Å². The maximum absolute atomic E-state index is 14.5. The van der Waals surface area contributed by atoms with E-state index in [1.807, 2.05) is 81.4 Å². The molecule has 8 nitrogen and oxygen atoms in total. The van der Waals surface area contributed by atoms with E-state index >= 15 is 0 Å². The first kappa shape index (κ1) is 34.2. The summed E-state index contributed by atoms with van der Waals surface area (Å²) in [5.74, 6) is -0.993. The van der Waals surface area contributed by atoms with Gasteiger partial charge in [0, 0.05) is 19.0 Å². The van der Waals surface area contributed by atoms with Crippen LogP contribution in [0.5, 0.6) is 5.75 Å². The Labute approximate surface area is 270 Å². The highest BCUT2D eigenvalue weighted by molar-refractivity contribution is 7.92. The van der Waals surface area contributed by atoms with Gasteiger partial charge in [-0.05, 0) is 79.9 Å². The summed E-state index contributed by atoms with van der Waals surface area (Å²) >= 11 is 0. The van der Waals surface area contributed by atoms with E-state index in [2.05, 4.69) is 5.32 Å². The number of benzene rings is 4. The highest BCUT2D eigenvalue weighted by Gasteiger charge is 2.35. The predicted octanol–water partition coefficient (Wildman–Crippen LogP) is 5.97. The molecule has 0 spiro atoms. The van der Waals surface area contributed by atoms with Crippen LogP contribution in [-0.2, 0) is 32.6 Å². The van der Waals surface area contributed by atoms with Crippen LogP contribution in [0.1, 0.15) is 38.3 Å². The fraction of sp³-hybridized carbons (Fsp3) is 0.278. The van der Waals surface area contributed by atoms with Crippen molar-refractivity contribution in [3.63, 3.8) is 0 Å². The van der Waals surface area contributed by atoms with Gasteiger partial charge in [0.1, 0.15) is 24.2 Å². The van der Waals surface area contributed by atoms with E-state index < -0.39 is 34.3 Å². The van der Waals surface area contributed by atoms with E-state index in [-0.39, 0.29) is 35.5 Å². The second-order valence-corrected chi connectivity index (χ2v) is 12.8. The number of amides is 2. The first-order valence-corrected chi connectivity index (χ1v) is 16.7. The smallest absolute Gasteiger partial charge is 0.264 e. The zero-order chi connectivity index (χ0) is 33.1. The van der Waals surface area contributed by atoms with E-state index in [9.17, 15) is 22.4 Å². The molecular weight excluding hydrogens is 605 g/mol. The van der Waals surface area contributed by atoms with Crippen LogP contribution in [-0.4, -0.2) is 50.4 Å². The SMILES string of the molecule is CCOc1ccc(S(=O)(=O)N(CC(=O)N(Cc2ccccc2)[C@@H](Cc2ccccc2)C(=O)N[C@@H](C)CC)c2ccc(F)cc2)cc1. The molecule has 0 aliphatic heterocycles. The van der Waals surface area contributed by atoms with E-state index in [1.54, 1.807) is 0 Å². The fourth-order valence-electron chi connectivity index (χ4n) is 4.91. The van der Waals surface area contributed by atoms with Gasteiger partial charge in [0.2, 0.25) is 11.8 Å². The molecule has 0 aromatic heterocycles. The summed E-state index contributed by atoms with van der Waals surface area (Å²) in [6, 6.07) is 28.3. The lowest BCUT2D eigenvalue weighted by atomic mass is 10.0. The second-order valence-electron chi connectivity index (χ2n) is 10.9. The molecule has 0 radical (unpaired) electrons. The van der Waals surface area contributed by atoms with Crippen molar-refractivity contribution in [3.05, 3.63) is 126 Å². The van der Waals surface area contributed by atoms with Crippen LogP contribution in [0.3, 0.4) is 0 Å². The summed E-state index contributed by atoms with van der Waals surface area (Å²) in [5, 5.41) is 3.02. The predicted molar refractivity (Wildman–Crippen MR) is 177 cm³/mol. The monoisotopic (exact) mass is 645 g/mol. The number of nitrogens with zero attached hydrogens (tertiary/aromatic N) is 2. The number of ether oxygens (including phenoxy) is 1. The van der Waals surface area contributed by atoms with E-state index in [0.717, 1.165) is 27.6 Å². The molecular formula is C36H40FN3O5S. The van der Waals surface area contributed by atoms with Gasteiger partial charge < -0.3 is 15.0 Å². The van der Waals surface area contributed by atoms with Crippen molar-refractivity contribution in [1.82, 2.24) is 10.2 Å². The second kappa shape index (κ2) is 16.0. The Bertz CT molecular complexity index is 1670. The molecule has 0 fully saturated rings. The van der Waals surface area contributed by atoms with Crippen molar-refractivity contribution in [2.24, 2.45) is 0 Å². The Hall–Kier alpha value is -4.70. The zero-order valence-corrected chi connectivity index (χ0v) is 27.1. The third-order valence-corrected chi connectivity index (χ3v) is 9.37. The van der Waals surface area contributed by atoms with Crippen LogP contribution in [0, 0.1) is 5.82 Å². The van der Waals surface area contributed by atoms with E-state index in [4.69, 9.17) is 4.74 Å². The number of hydrogen-bond donors (Lipinski definition) is 1. The number of carbonyl (C=O) groups is 2. The van der Waals surface area contributed by atoms with Crippen molar-refractivity contribution in [2.45, 2.75) is 57.1 Å². The van der Waals surface area contributed by atoms with Gasteiger partial charge in [0.25, 0.3) is 10.0 Å². The molecule has 4 aromatic rings. The molecule has 4 rings (SSSR count). The summed E-state index contributed by atoms with van der Waals surface area (Å²) < 4.78 is 48.6. The molecule has 46 heavy (non-hydrogen) atoms. The Morgan fingerprint density at radius 1 is 0.826 bits per heavy atom. The van der Waals surface area contributed by atoms with Gasteiger partial charge in [0.05, 0.1) is 17.2 Å². The van der Waals surface area contributed by atoms with Crippen LogP contribution in [0.4, 0.5) is 10.1 Å².